The highest BCUT2D eigenvalue weighted by molar-refractivity contribution is 6.11. The van der Waals surface area contributed by atoms with Gasteiger partial charge in [-0.2, -0.15) is 10.5 Å². The minimum Gasteiger partial charge on any atom is -0.337 e. The molecule has 0 aliphatic heterocycles. The van der Waals surface area contributed by atoms with E-state index in [1.165, 1.54) is 10.9 Å². The van der Waals surface area contributed by atoms with Crippen LogP contribution < -0.4 is 0 Å². The third-order valence-corrected chi connectivity index (χ3v) is 8.85. The van der Waals surface area contributed by atoms with Crippen LogP contribution in [0.2, 0.25) is 0 Å². The van der Waals surface area contributed by atoms with Crippen molar-refractivity contribution in [1.82, 2.24) is 18.7 Å². The molecule has 6 heteroatoms. The standard InChI is InChI=1S/C39H28N6/c40-24-28-22-38(44-34-13-4-1-10-30(34)31-11-2-5-14-35(31)44)39(23-29(28)25-41)45-36-15-6-3-12-32(36)33-21-27(16-17-37(33)45)9-7-8-19-43-20-18-42-26-43/h1-6,10-18,20-23,26H,7-9,19H2. The van der Waals surface area contributed by atoms with Gasteiger partial charge in [-0.3, -0.25) is 0 Å². The van der Waals surface area contributed by atoms with E-state index < -0.39 is 0 Å². The van der Waals surface area contributed by atoms with E-state index in [9.17, 15) is 10.5 Å². The fraction of sp³-hybridized carbons (Fsp3) is 0.103. The van der Waals surface area contributed by atoms with Crippen LogP contribution in [0.5, 0.6) is 0 Å². The molecule has 0 fully saturated rings. The van der Waals surface area contributed by atoms with Crippen LogP contribution >= 0.6 is 0 Å². The van der Waals surface area contributed by atoms with Crippen LogP contribution in [0, 0.1) is 22.7 Å². The monoisotopic (exact) mass is 580 g/mol. The highest BCUT2D eigenvalue weighted by atomic mass is 15.1. The van der Waals surface area contributed by atoms with E-state index in [1.54, 1.807) is 0 Å². The number of rotatable bonds is 7. The first kappa shape index (κ1) is 26.5. The second-order valence-corrected chi connectivity index (χ2v) is 11.4. The van der Waals surface area contributed by atoms with Crippen molar-refractivity contribution in [1.29, 1.82) is 10.5 Å². The van der Waals surface area contributed by atoms with Gasteiger partial charge in [-0.1, -0.05) is 60.7 Å². The molecule has 0 atom stereocenters. The van der Waals surface area contributed by atoms with Crippen molar-refractivity contribution in [2.75, 3.05) is 0 Å². The van der Waals surface area contributed by atoms with Crippen LogP contribution in [0.3, 0.4) is 0 Å². The molecule has 0 saturated heterocycles. The summed E-state index contributed by atoms with van der Waals surface area (Å²) in [5.74, 6) is 0. The molecule has 8 rings (SSSR count). The first-order chi connectivity index (χ1) is 22.2. The number of benzene rings is 5. The molecule has 5 aromatic carbocycles. The molecule has 0 bridgehead atoms. The van der Waals surface area contributed by atoms with Crippen LogP contribution in [0.1, 0.15) is 29.5 Å². The van der Waals surface area contributed by atoms with Gasteiger partial charge in [0.2, 0.25) is 0 Å². The predicted molar refractivity (Wildman–Crippen MR) is 180 cm³/mol. The Kier molecular flexibility index (Phi) is 6.40. The second kappa shape index (κ2) is 10.9. The molecule has 0 aliphatic rings. The number of imidazole rings is 1. The zero-order valence-electron chi connectivity index (χ0n) is 24.6. The van der Waals surface area contributed by atoms with Crippen molar-refractivity contribution in [2.45, 2.75) is 25.8 Å². The molecule has 3 aromatic heterocycles. The Morgan fingerprint density at radius 2 is 1.11 bits per heavy atom. The Bertz CT molecular complexity index is 2410. The lowest BCUT2D eigenvalue weighted by Crippen LogP contribution is -2.05. The maximum absolute atomic E-state index is 10.1. The summed E-state index contributed by atoms with van der Waals surface area (Å²) in [6.45, 7) is 0.965. The minimum atomic E-state index is 0.358. The Morgan fingerprint density at radius 1 is 0.578 bits per heavy atom. The van der Waals surface area contributed by atoms with E-state index in [0.29, 0.717) is 11.1 Å². The van der Waals surface area contributed by atoms with Gasteiger partial charge in [0.05, 0.1) is 50.9 Å². The van der Waals surface area contributed by atoms with Gasteiger partial charge in [0.15, 0.2) is 0 Å². The summed E-state index contributed by atoms with van der Waals surface area (Å²) in [6.07, 6.45) is 8.86. The normalized spacial score (nSPS) is 11.4. The van der Waals surface area contributed by atoms with E-state index in [2.05, 4.69) is 110 Å². The number of unbranched alkanes of at least 4 members (excludes halogenated alkanes) is 1. The quantitative estimate of drug-likeness (QED) is 0.177. The molecular weight excluding hydrogens is 552 g/mol. The summed E-state index contributed by atoms with van der Waals surface area (Å²) in [4.78, 5) is 4.15. The third kappa shape index (κ3) is 4.35. The predicted octanol–water partition coefficient (Wildman–Crippen LogP) is 8.84. The molecule has 0 aliphatic carbocycles. The number of nitrogens with zero attached hydrogens (tertiary/aromatic N) is 6. The number of hydrogen-bond donors (Lipinski definition) is 0. The van der Waals surface area contributed by atoms with Crippen molar-refractivity contribution in [3.05, 3.63) is 139 Å². The largest absolute Gasteiger partial charge is 0.337 e. The van der Waals surface area contributed by atoms with E-state index in [-0.39, 0.29) is 0 Å². The van der Waals surface area contributed by atoms with Crippen molar-refractivity contribution in [2.24, 2.45) is 0 Å². The average Bonchev–Trinajstić information content (AvgIpc) is 3.81. The van der Waals surface area contributed by atoms with E-state index >= 15 is 0 Å². The molecule has 6 nitrogen and oxygen atoms in total. The molecule has 8 aromatic rings. The number of aryl methyl sites for hydroxylation is 2. The summed E-state index contributed by atoms with van der Waals surface area (Å²) >= 11 is 0. The van der Waals surface area contributed by atoms with Crippen molar-refractivity contribution >= 4 is 43.6 Å². The maximum Gasteiger partial charge on any atom is 0.101 e. The van der Waals surface area contributed by atoms with Gasteiger partial charge in [-0.25, -0.2) is 4.98 Å². The highest BCUT2D eigenvalue weighted by Gasteiger charge is 2.21. The molecule has 0 N–H and O–H groups in total. The summed E-state index contributed by atoms with van der Waals surface area (Å²) in [5, 5.41) is 24.9. The average molecular weight is 581 g/mol. The molecule has 0 unspecified atom stereocenters. The minimum absolute atomic E-state index is 0.358. The van der Waals surface area contributed by atoms with Crippen molar-refractivity contribution in [3.8, 4) is 23.5 Å². The Morgan fingerprint density at radius 3 is 1.64 bits per heavy atom. The SMILES string of the molecule is N#Cc1cc(-n2c3ccccc3c3ccccc32)c(-n2c3ccccc3c3cc(CCCCn4ccnc4)ccc32)cc1C#N. The molecule has 0 radical (unpaired) electrons. The van der Waals surface area contributed by atoms with Gasteiger partial charge in [0.1, 0.15) is 12.1 Å². The van der Waals surface area contributed by atoms with Gasteiger partial charge < -0.3 is 13.7 Å². The number of aromatic nitrogens is 4. The highest BCUT2D eigenvalue weighted by Crippen LogP contribution is 2.39. The third-order valence-electron chi connectivity index (χ3n) is 8.85. The molecule has 0 spiro atoms. The van der Waals surface area contributed by atoms with Gasteiger partial charge in [-0.05, 0) is 67.3 Å². The zero-order chi connectivity index (χ0) is 30.3. The van der Waals surface area contributed by atoms with Crippen molar-refractivity contribution < 1.29 is 0 Å². The van der Waals surface area contributed by atoms with Gasteiger partial charge in [0.25, 0.3) is 0 Å². The van der Waals surface area contributed by atoms with Gasteiger partial charge in [0, 0.05) is 40.5 Å². The van der Waals surface area contributed by atoms with E-state index in [0.717, 1.165) is 75.4 Å². The first-order valence-electron chi connectivity index (χ1n) is 15.2. The van der Waals surface area contributed by atoms with Crippen LogP contribution in [-0.2, 0) is 13.0 Å². The molecule has 3 heterocycles. The summed E-state index contributed by atoms with van der Waals surface area (Å²) in [6, 6.07) is 40.3. The van der Waals surface area contributed by atoms with Crippen molar-refractivity contribution in [3.63, 3.8) is 0 Å². The molecule has 0 saturated carbocycles. The first-order valence-corrected chi connectivity index (χ1v) is 15.2. The van der Waals surface area contributed by atoms with Crippen LogP contribution in [0.15, 0.2) is 122 Å². The summed E-state index contributed by atoms with van der Waals surface area (Å²) < 4.78 is 6.62. The smallest absolute Gasteiger partial charge is 0.101 e. The lowest BCUT2D eigenvalue weighted by Gasteiger charge is -2.18. The Hall–Kier alpha value is -6.11. The molecule has 45 heavy (non-hydrogen) atoms. The zero-order valence-corrected chi connectivity index (χ0v) is 24.6. The van der Waals surface area contributed by atoms with Crippen LogP contribution in [-0.4, -0.2) is 18.7 Å². The lowest BCUT2D eigenvalue weighted by molar-refractivity contribution is 0.609. The number of nitriles is 2. The number of para-hydroxylation sites is 3. The molecular formula is C39H28N6. The Balaban J connectivity index is 1.34. The second-order valence-electron chi connectivity index (χ2n) is 11.4. The fourth-order valence-corrected chi connectivity index (χ4v) is 6.78. The summed E-state index contributed by atoms with van der Waals surface area (Å²) in [7, 11) is 0. The van der Waals surface area contributed by atoms with Gasteiger partial charge >= 0.3 is 0 Å². The van der Waals surface area contributed by atoms with Crippen LogP contribution in [0.25, 0.3) is 55.0 Å². The summed E-state index contributed by atoms with van der Waals surface area (Å²) in [5.41, 5.74) is 7.95. The lowest BCUT2D eigenvalue weighted by atomic mass is 10.0. The van der Waals surface area contributed by atoms with E-state index in [4.69, 9.17) is 0 Å². The van der Waals surface area contributed by atoms with Gasteiger partial charge in [-0.15, -0.1) is 0 Å². The Labute approximate surface area is 260 Å². The molecule has 214 valence electrons. The van der Waals surface area contributed by atoms with E-state index in [1.807, 2.05) is 43.0 Å². The topological polar surface area (TPSA) is 75.3 Å². The number of fused-ring (bicyclic) bond motifs is 6. The molecule has 0 amide bonds. The maximum atomic E-state index is 10.1. The fourth-order valence-electron chi connectivity index (χ4n) is 6.78. The van der Waals surface area contributed by atoms with Crippen LogP contribution in [0.4, 0.5) is 0 Å². The number of hydrogen-bond acceptors (Lipinski definition) is 3.